The molecule has 0 saturated carbocycles. The van der Waals surface area contributed by atoms with Crippen molar-refractivity contribution in [2.75, 3.05) is 13.1 Å². The molecule has 8 heteroatoms. The maximum Gasteiger partial charge on any atom is 0.135 e. The zero-order valence-corrected chi connectivity index (χ0v) is 20.8. The highest BCUT2D eigenvalue weighted by Gasteiger charge is 2.17. The monoisotopic (exact) mass is 503 g/mol. The van der Waals surface area contributed by atoms with E-state index >= 15 is 0 Å². The van der Waals surface area contributed by atoms with E-state index in [1.54, 1.807) is 24.5 Å². The Morgan fingerprint density at radius 2 is 1.71 bits per heavy atom. The molecule has 1 aliphatic rings. The van der Waals surface area contributed by atoms with Crippen LogP contribution in [0.2, 0.25) is 0 Å². The van der Waals surface area contributed by atoms with E-state index in [2.05, 4.69) is 36.1 Å². The topological polar surface area (TPSA) is 86.4 Å². The maximum absolute atomic E-state index is 14.6. The average Bonchev–Trinajstić information content (AvgIpc) is 3.58. The van der Waals surface area contributed by atoms with Crippen molar-refractivity contribution < 1.29 is 4.39 Å². The summed E-state index contributed by atoms with van der Waals surface area (Å²) in [6.45, 7) is 3.20. The summed E-state index contributed by atoms with van der Waals surface area (Å²) < 4.78 is 14.6. The molecule has 38 heavy (non-hydrogen) atoms. The van der Waals surface area contributed by atoms with Crippen LogP contribution in [0.3, 0.4) is 0 Å². The van der Waals surface area contributed by atoms with E-state index in [1.807, 2.05) is 36.7 Å². The lowest BCUT2D eigenvalue weighted by atomic mass is 10.0. The van der Waals surface area contributed by atoms with Crippen LogP contribution in [0.4, 0.5) is 4.39 Å². The molecule has 0 unspecified atom stereocenters. The Balaban J connectivity index is 1.26. The summed E-state index contributed by atoms with van der Waals surface area (Å²) >= 11 is 0. The van der Waals surface area contributed by atoms with Crippen LogP contribution in [0.5, 0.6) is 0 Å². The smallest absolute Gasteiger partial charge is 0.135 e. The molecule has 6 aromatic rings. The average molecular weight is 504 g/mol. The second-order valence-corrected chi connectivity index (χ2v) is 9.89. The van der Waals surface area contributed by atoms with E-state index in [1.165, 1.54) is 30.9 Å². The van der Waals surface area contributed by atoms with Gasteiger partial charge in [-0.15, -0.1) is 0 Å². The standard InChI is InChI=1S/C30H26FN7/c31-24-7-3-2-6-21(24)23-16-33-17-28-22(23)13-27(34-28)30-29-26(36-37-30)9-8-25(35-29)20-12-19(14-32-15-20)18-38-10-4-1-5-11-38/h2-3,6-9,12-17,34H,1,4-5,10-11,18H2,(H,36,37). The number of benzene rings is 1. The fraction of sp³-hybridized carbons (Fsp3) is 0.200. The van der Waals surface area contributed by atoms with E-state index in [0.29, 0.717) is 11.3 Å². The number of aromatic amines is 2. The molecule has 0 radical (unpaired) electrons. The fourth-order valence-corrected chi connectivity index (χ4v) is 5.41. The number of nitrogens with zero attached hydrogens (tertiary/aromatic N) is 5. The normalized spacial score (nSPS) is 14.4. The number of aromatic nitrogens is 6. The second-order valence-electron chi connectivity index (χ2n) is 9.89. The predicted octanol–water partition coefficient (Wildman–Crippen LogP) is 6.36. The van der Waals surface area contributed by atoms with Crippen molar-refractivity contribution in [2.24, 2.45) is 0 Å². The Morgan fingerprint density at radius 3 is 2.61 bits per heavy atom. The number of likely N-dealkylation sites (tertiary alicyclic amines) is 1. The van der Waals surface area contributed by atoms with Gasteiger partial charge in [0.1, 0.15) is 17.0 Å². The van der Waals surface area contributed by atoms with Gasteiger partial charge in [0.05, 0.1) is 28.6 Å². The number of piperidine rings is 1. The number of pyridine rings is 3. The summed E-state index contributed by atoms with van der Waals surface area (Å²) in [5.41, 5.74) is 8.17. The van der Waals surface area contributed by atoms with Gasteiger partial charge in [-0.3, -0.25) is 20.0 Å². The molecule has 1 aromatic carbocycles. The minimum Gasteiger partial charge on any atom is -0.352 e. The molecular weight excluding hydrogens is 477 g/mol. The molecule has 2 N–H and O–H groups in total. The molecule has 1 aliphatic heterocycles. The van der Waals surface area contributed by atoms with Crippen molar-refractivity contribution in [3.05, 3.63) is 84.7 Å². The second kappa shape index (κ2) is 9.46. The number of hydrogen-bond acceptors (Lipinski definition) is 5. The number of H-pyrrole nitrogens is 2. The van der Waals surface area contributed by atoms with Crippen LogP contribution in [0.1, 0.15) is 24.8 Å². The maximum atomic E-state index is 14.6. The summed E-state index contributed by atoms with van der Waals surface area (Å²) in [6.07, 6.45) is 11.1. The van der Waals surface area contributed by atoms with E-state index in [4.69, 9.17) is 4.98 Å². The largest absolute Gasteiger partial charge is 0.352 e. The van der Waals surface area contributed by atoms with Gasteiger partial charge >= 0.3 is 0 Å². The SMILES string of the molecule is Fc1ccccc1-c1cncc2[nH]c(-c3n[nH]c4ccc(-c5cncc(CN6CCCCC6)c5)nc34)cc12. The van der Waals surface area contributed by atoms with Gasteiger partial charge in [-0.2, -0.15) is 5.10 Å². The Labute approximate surface area is 218 Å². The predicted molar refractivity (Wildman–Crippen MR) is 147 cm³/mol. The van der Waals surface area contributed by atoms with E-state index < -0.39 is 0 Å². The molecule has 0 spiro atoms. The first-order valence-electron chi connectivity index (χ1n) is 13.0. The molecule has 7 nitrogen and oxygen atoms in total. The van der Waals surface area contributed by atoms with Crippen LogP contribution in [0, 0.1) is 5.82 Å². The van der Waals surface area contributed by atoms with Crippen molar-refractivity contribution >= 4 is 21.9 Å². The van der Waals surface area contributed by atoms with Gasteiger partial charge in [0.2, 0.25) is 0 Å². The Morgan fingerprint density at radius 1 is 0.842 bits per heavy atom. The number of fused-ring (bicyclic) bond motifs is 2. The lowest BCUT2D eigenvalue weighted by Gasteiger charge is -2.26. The van der Waals surface area contributed by atoms with Crippen molar-refractivity contribution in [2.45, 2.75) is 25.8 Å². The third-order valence-electron chi connectivity index (χ3n) is 7.32. The van der Waals surface area contributed by atoms with Crippen LogP contribution in [0.25, 0.3) is 55.7 Å². The lowest BCUT2D eigenvalue weighted by molar-refractivity contribution is 0.220. The molecule has 5 aromatic heterocycles. The van der Waals surface area contributed by atoms with Crippen LogP contribution >= 0.6 is 0 Å². The van der Waals surface area contributed by atoms with E-state index in [9.17, 15) is 4.39 Å². The van der Waals surface area contributed by atoms with Crippen molar-refractivity contribution in [3.8, 4) is 33.8 Å². The summed E-state index contributed by atoms with van der Waals surface area (Å²) in [4.78, 5) is 19.7. The number of nitrogens with one attached hydrogen (secondary N) is 2. The number of hydrogen-bond donors (Lipinski definition) is 2. The molecule has 0 amide bonds. The van der Waals surface area contributed by atoms with Gasteiger partial charge < -0.3 is 4.98 Å². The van der Waals surface area contributed by atoms with Gasteiger partial charge in [-0.05, 0) is 61.8 Å². The van der Waals surface area contributed by atoms with E-state index in [0.717, 1.165) is 64.1 Å². The van der Waals surface area contributed by atoms with Crippen LogP contribution in [-0.2, 0) is 6.54 Å². The Hall–Kier alpha value is -4.43. The Bertz CT molecular complexity index is 1760. The zero-order valence-electron chi connectivity index (χ0n) is 20.8. The molecular formula is C30H26FN7. The minimum atomic E-state index is -0.280. The third-order valence-corrected chi connectivity index (χ3v) is 7.32. The molecule has 6 heterocycles. The minimum absolute atomic E-state index is 0.280. The summed E-state index contributed by atoms with van der Waals surface area (Å²) in [7, 11) is 0. The van der Waals surface area contributed by atoms with Crippen LogP contribution in [-0.4, -0.2) is 48.1 Å². The third kappa shape index (κ3) is 4.13. The molecule has 0 bridgehead atoms. The molecule has 0 aliphatic carbocycles. The van der Waals surface area contributed by atoms with Crippen molar-refractivity contribution in [3.63, 3.8) is 0 Å². The highest BCUT2D eigenvalue weighted by atomic mass is 19.1. The first-order valence-corrected chi connectivity index (χ1v) is 13.0. The molecule has 0 atom stereocenters. The zero-order chi connectivity index (χ0) is 25.5. The fourth-order valence-electron chi connectivity index (χ4n) is 5.41. The van der Waals surface area contributed by atoms with Gasteiger partial charge in [0, 0.05) is 47.2 Å². The summed E-state index contributed by atoms with van der Waals surface area (Å²) in [5, 5.41) is 8.55. The Kier molecular flexibility index (Phi) is 5.66. The van der Waals surface area contributed by atoms with Gasteiger partial charge in [0.25, 0.3) is 0 Å². The van der Waals surface area contributed by atoms with Gasteiger partial charge in [0.15, 0.2) is 0 Å². The van der Waals surface area contributed by atoms with Gasteiger partial charge in [-0.25, -0.2) is 9.37 Å². The highest BCUT2D eigenvalue weighted by molar-refractivity contribution is 6.00. The quantitative estimate of drug-likeness (QED) is 0.286. The molecule has 188 valence electrons. The van der Waals surface area contributed by atoms with Crippen LogP contribution in [0.15, 0.2) is 73.3 Å². The van der Waals surface area contributed by atoms with E-state index in [-0.39, 0.29) is 5.82 Å². The van der Waals surface area contributed by atoms with Crippen molar-refractivity contribution in [1.82, 2.24) is 35.0 Å². The highest BCUT2D eigenvalue weighted by Crippen LogP contribution is 2.34. The first kappa shape index (κ1) is 22.7. The first-order chi connectivity index (χ1) is 18.7. The molecule has 1 saturated heterocycles. The van der Waals surface area contributed by atoms with Crippen LogP contribution < -0.4 is 0 Å². The van der Waals surface area contributed by atoms with Gasteiger partial charge in [-0.1, -0.05) is 24.6 Å². The molecule has 7 rings (SSSR count). The summed E-state index contributed by atoms with van der Waals surface area (Å²) in [5.74, 6) is -0.280. The number of rotatable bonds is 5. The number of halogens is 1. The molecule has 1 fully saturated rings. The lowest BCUT2D eigenvalue weighted by Crippen LogP contribution is -2.29. The van der Waals surface area contributed by atoms with Crippen molar-refractivity contribution in [1.29, 1.82) is 0 Å². The summed E-state index contributed by atoms with van der Waals surface area (Å²) in [6, 6.07) is 14.9.